The molecular formula is C23H30Cl2N4O3. The molecule has 1 amide bonds. The third-order valence-corrected chi connectivity index (χ3v) is 6.52. The van der Waals surface area contributed by atoms with Crippen LogP contribution in [0.3, 0.4) is 0 Å². The molecule has 0 spiro atoms. The Bertz CT molecular complexity index is 977. The van der Waals surface area contributed by atoms with Gasteiger partial charge in [-0.05, 0) is 31.9 Å². The van der Waals surface area contributed by atoms with Gasteiger partial charge in [0.25, 0.3) is 0 Å². The van der Waals surface area contributed by atoms with Crippen molar-refractivity contribution in [2.75, 3.05) is 37.7 Å². The number of benzene rings is 1. The fraction of sp³-hybridized carbons (Fsp3) is 0.565. The van der Waals surface area contributed by atoms with Gasteiger partial charge in [0.15, 0.2) is 11.5 Å². The molecule has 2 aromatic rings. The first kappa shape index (κ1) is 24.5. The van der Waals surface area contributed by atoms with E-state index in [1.807, 2.05) is 9.80 Å². The number of piperazine rings is 1. The van der Waals surface area contributed by atoms with E-state index in [9.17, 15) is 9.59 Å². The number of nitrogens with zero attached hydrogens (tertiary/aromatic N) is 4. The molecule has 174 valence electrons. The summed E-state index contributed by atoms with van der Waals surface area (Å²) < 4.78 is 5.21. The van der Waals surface area contributed by atoms with Gasteiger partial charge in [-0.2, -0.15) is 0 Å². The molecular weight excluding hydrogens is 451 g/mol. The normalized spacial score (nSPS) is 15.2. The van der Waals surface area contributed by atoms with Gasteiger partial charge in [0.1, 0.15) is 0 Å². The zero-order valence-electron chi connectivity index (χ0n) is 18.9. The minimum Gasteiger partial charge on any atom is -0.461 e. The van der Waals surface area contributed by atoms with Gasteiger partial charge in [-0.25, -0.2) is 14.8 Å². The van der Waals surface area contributed by atoms with Crippen LogP contribution in [0.1, 0.15) is 56.9 Å². The monoisotopic (exact) mass is 480 g/mol. The van der Waals surface area contributed by atoms with Gasteiger partial charge in [-0.3, -0.25) is 4.79 Å². The first-order valence-electron chi connectivity index (χ1n) is 11.3. The van der Waals surface area contributed by atoms with Crippen molar-refractivity contribution in [3.63, 3.8) is 0 Å². The summed E-state index contributed by atoms with van der Waals surface area (Å²) in [5, 5.41) is 0.716. The fourth-order valence-corrected chi connectivity index (χ4v) is 4.26. The van der Waals surface area contributed by atoms with Crippen LogP contribution in [0.5, 0.6) is 0 Å². The number of halogens is 2. The highest BCUT2D eigenvalue weighted by Crippen LogP contribution is 2.29. The molecule has 1 fully saturated rings. The Kier molecular flexibility index (Phi) is 8.54. The summed E-state index contributed by atoms with van der Waals surface area (Å²) in [5.41, 5.74) is 1.17. The van der Waals surface area contributed by atoms with Crippen LogP contribution in [-0.4, -0.2) is 59.5 Å². The van der Waals surface area contributed by atoms with E-state index in [-0.39, 0.29) is 24.1 Å². The summed E-state index contributed by atoms with van der Waals surface area (Å²) >= 11 is 12.3. The van der Waals surface area contributed by atoms with Crippen LogP contribution in [0.25, 0.3) is 11.0 Å². The lowest BCUT2D eigenvalue weighted by Crippen LogP contribution is -2.51. The number of fused-ring (bicyclic) bond motifs is 1. The molecule has 32 heavy (non-hydrogen) atoms. The topological polar surface area (TPSA) is 75.6 Å². The highest BCUT2D eigenvalue weighted by molar-refractivity contribution is 6.42. The first-order valence-corrected chi connectivity index (χ1v) is 12.0. The number of carbonyl (C=O) groups excluding carboxylic acids is 2. The minimum atomic E-state index is -0.535. The van der Waals surface area contributed by atoms with Crippen LogP contribution in [0.2, 0.25) is 10.0 Å². The Morgan fingerprint density at radius 2 is 1.66 bits per heavy atom. The number of anilines is 1. The average molecular weight is 481 g/mol. The molecule has 1 aromatic heterocycles. The van der Waals surface area contributed by atoms with Crippen LogP contribution in [0.4, 0.5) is 5.82 Å². The Labute approximate surface area is 199 Å². The molecule has 1 atom stereocenters. The van der Waals surface area contributed by atoms with E-state index in [1.54, 1.807) is 19.1 Å². The molecule has 9 heteroatoms. The number of esters is 1. The lowest BCUT2D eigenvalue weighted by atomic mass is 9.97. The van der Waals surface area contributed by atoms with E-state index in [2.05, 4.69) is 23.8 Å². The van der Waals surface area contributed by atoms with E-state index < -0.39 is 5.97 Å². The number of amides is 1. The molecule has 0 radical (unpaired) electrons. The maximum absolute atomic E-state index is 13.0. The van der Waals surface area contributed by atoms with E-state index >= 15 is 0 Å². The number of aromatic nitrogens is 2. The molecule has 1 aliphatic rings. The van der Waals surface area contributed by atoms with Crippen molar-refractivity contribution in [3.8, 4) is 0 Å². The number of carbonyl (C=O) groups is 2. The Balaban J connectivity index is 1.84. The van der Waals surface area contributed by atoms with Crippen molar-refractivity contribution in [1.82, 2.24) is 14.9 Å². The van der Waals surface area contributed by atoms with Gasteiger partial charge in [0.2, 0.25) is 5.91 Å². The van der Waals surface area contributed by atoms with Crippen LogP contribution >= 0.6 is 23.2 Å². The van der Waals surface area contributed by atoms with Crippen molar-refractivity contribution in [2.45, 2.75) is 46.5 Å². The zero-order valence-corrected chi connectivity index (χ0v) is 20.4. The van der Waals surface area contributed by atoms with E-state index in [0.717, 1.165) is 25.7 Å². The van der Waals surface area contributed by atoms with Crippen molar-refractivity contribution in [3.05, 3.63) is 27.9 Å². The third kappa shape index (κ3) is 5.44. The van der Waals surface area contributed by atoms with Crippen LogP contribution in [-0.2, 0) is 9.53 Å². The lowest BCUT2D eigenvalue weighted by Gasteiger charge is -2.37. The lowest BCUT2D eigenvalue weighted by molar-refractivity contribution is -0.136. The smallest absolute Gasteiger partial charge is 0.360 e. The summed E-state index contributed by atoms with van der Waals surface area (Å²) in [4.78, 5) is 38.7. The summed E-state index contributed by atoms with van der Waals surface area (Å²) in [6.45, 7) is 8.46. The number of unbranched alkanes of at least 4 members (excludes halogenated alkanes) is 1. The molecule has 0 N–H and O–H groups in total. The predicted molar refractivity (Wildman–Crippen MR) is 128 cm³/mol. The van der Waals surface area contributed by atoms with E-state index in [1.165, 1.54) is 0 Å². The van der Waals surface area contributed by atoms with Gasteiger partial charge in [-0.15, -0.1) is 0 Å². The standard InChI is InChI=1S/C23H30Cl2N4O3/c1-4-7-8-15(5-2)22(30)29-11-9-28(10-12-29)21-20(23(31)32-6-3)26-18-13-16(24)17(25)14-19(18)27-21/h13-15H,4-12H2,1-3H3. The molecule has 3 rings (SSSR count). The maximum Gasteiger partial charge on any atom is 0.360 e. The van der Waals surface area contributed by atoms with Crippen LogP contribution in [0, 0.1) is 5.92 Å². The number of hydrogen-bond donors (Lipinski definition) is 0. The van der Waals surface area contributed by atoms with E-state index in [0.29, 0.717) is 53.1 Å². The minimum absolute atomic E-state index is 0.0731. The highest BCUT2D eigenvalue weighted by atomic mass is 35.5. The molecule has 1 unspecified atom stereocenters. The number of rotatable bonds is 8. The first-order chi connectivity index (χ1) is 15.4. The summed E-state index contributed by atoms with van der Waals surface area (Å²) in [5.74, 6) is 0.202. The molecule has 0 saturated carbocycles. The predicted octanol–water partition coefficient (Wildman–Crippen LogP) is 4.98. The van der Waals surface area contributed by atoms with Crippen molar-refractivity contribution >= 4 is 51.9 Å². The highest BCUT2D eigenvalue weighted by Gasteiger charge is 2.29. The summed E-state index contributed by atoms with van der Waals surface area (Å²) in [7, 11) is 0. The second kappa shape index (κ2) is 11.1. The zero-order chi connectivity index (χ0) is 23.3. The number of ether oxygens (including phenoxy) is 1. The largest absolute Gasteiger partial charge is 0.461 e. The molecule has 1 aromatic carbocycles. The number of hydrogen-bond acceptors (Lipinski definition) is 6. The van der Waals surface area contributed by atoms with Crippen LogP contribution < -0.4 is 4.90 Å². The molecule has 7 nitrogen and oxygen atoms in total. The van der Waals surface area contributed by atoms with Gasteiger partial charge in [0, 0.05) is 32.1 Å². The van der Waals surface area contributed by atoms with Gasteiger partial charge < -0.3 is 14.5 Å². The maximum atomic E-state index is 13.0. The van der Waals surface area contributed by atoms with Gasteiger partial charge in [0.05, 0.1) is 27.7 Å². The van der Waals surface area contributed by atoms with Crippen molar-refractivity contribution < 1.29 is 14.3 Å². The second-order valence-electron chi connectivity index (χ2n) is 7.93. The van der Waals surface area contributed by atoms with E-state index in [4.69, 9.17) is 27.9 Å². The summed E-state index contributed by atoms with van der Waals surface area (Å²) in [6.07, 6.45) is 3.93. The Morgan fingerprint density at radius 3 is 2.22 bits per heavy atom. The van der Waals surface area contributed by atoms with Gasteiger partial charge in [-0.1, -0.05) is 49.9 Å². The Hall–Kier alpha value is -2.12. The summed E-state index contributed by atoms with van der Waals surface area (Å²) in [6, 6.07) is 3.24. The molecule has 1 saturated heterocycles. The second-order valence-corrected chi connectivity index (χ2v) is 8.75. The molecule has 0 aliphatic carbocycles. The van der Waals surface area contributed by atoms with Crippen molar-refractivity contribution in [1.29, 1.82) is 0 Å². The fourth-order valence-electron chi connectivity index (χ4n) is 3.95. The van der Waals surface area contributed by atoms with Crippen molar-refractivity contribution in [2.24, 2.45) is 5.92 Å². The van der Waals surface area contributed by atoms with Gasteiger partial charge >= 0.3 is 5.97 Å². The quantitative estimate of drug-likeness (QED) is 0.495. The average Bonchev–Trinajstić information content (AvgIpc) is 2.79. The SMILES string of the molecule is CCCCC(CC)C(=O)N1CCN(c2nc3cc(Cl)c(Cl)cc3nc2C(=O)OCC)CC1. The Morgan fingerprint density at radius 1 is 1.03 bits per heavy atom. The van der Waals surface area contributed by atoms with Crippen LogP contribution in [0.15, 0.2) is 12.1 Å². The molecule has 1 aliphatic heterocycles. The third-order valence-electron chi connectivity index (χ3n) is 5.80. The molecule has 2 heterocycles. The molecule has 0 bridgehead atoms.